The number of hydrogen-bond donors (Lipinski definition) is 0. The van der Waals surface area contributed by atoms with Gasteiger partial charge in [-0.2, -0.15) is 0 Å². The second-order valence-electron chi connectivity index (χ2n) is 7.13. The number of carbonyl (C=O) groups is 1. The summed E-state index contributed by atoms with van der Waals surface area (Å²) in [6.07, 6.45) is 3.89. The Morgan fingerprint density at radius 3 is 2.18 bits per heavy atom. The number of esters is 1. The van der Waals surface area contributed by atoms with Crippen LogP contribution in [0.5, 0.6) is 0 Å². The summed E-state index contributed by atoms with van der Waals surface area (Å²) in [6.45, 7) is 8.11. The minimum Gasteiger partial charge on any atom is -0.459 e. The lowest BCUT2D eigenvalue weighted by molar-refractivity contribution is -0.174. The Hall–Kier alpha value is -0.570. The maximum atomic E-state index is 12.3. The van der Waals surface area contributed by atoms with E-state index in [0.29, 0.717) is 5.92 Å². The monoisotopic (exact) mass is 237 g/mol. The molecule has 0 aromatic carbocycles. The fourth-order valence-electron chi connectivity index (χ4n) is 4.14. The van der Waals surface area contributed by atoms with Gasteiger partial charge in [-0.05, 0) is 57.8 Å². The SMILES string of the molecule is CC(C)(C)OC(=O)C1C2CC3CC(C2)CN1C3. The van der Waals surface area contributed by atoms with E-state index in [4.69, 9.17) is 4.74 Å². The van der Waals surface area contributed by atoms with Crippen LogP contribution in [0.3, 0.4) is 0 Å². The van der Waals surface area contributed by atoms with Crippen LogP contribution in [-0.2, 0) is 9.53 Å². The van der Waals surface area contributed by atoms with E-state index in [-0.39, 0.29) is 17.6 Å². The van der Waals surface area contributed by atoms with Gasteiger partial charge in [0.2, 0.25) is 0 Å². The molecule has 1 saturated carbocycles. The van der Waals surface area contributed by atoms with E-state index in [1.54, 1.807) is 0 Å². The zero-order valence-electron chi connectivity index (χ0n) is 11.1. The second kappa shape index (κ2) is 3.71. The van der Waals surface area contributed by atoms with Crippen LogP contribution in [0.25, 0.3) is 0 Å². The highest BCUT2D eigenvalue weighted by atomic mass is 16.6. The molecule has 0 amide bonds. The van der Waals surface area contributed by atoms with Gasteiger partial charge < -0.3 is 4.74 Å². The highest BCUT2D eigenvalue weighted by Crippen LogP contribution is 2.46. The van der Waals surface area contributed by atoms with Crippen molar-refractivity contribution in [2.45, 2.75) is 51.7 Å². The zero-order valence-corrected chi connectivity index (χ0v) is 11.1. The molecule has 17 heavy (non-hydrogen) atoms. The Kier molecular flexibility index (Phi) is 2.51. The number of hydrogen-bond acceptors (Lipinski definition) is 3. The van der Waals surface area contributed by atoms with Crippen molar-refractivity contribution in [2.75, 3.05) is 13.1 Å². The van der Waals surface area contributed by atoms with Gasteiger partial charge in [-0.3, -0.25) is 9.69 Å². The Labute approximate surface area is 104 Å². The molecule has 0 aromatic rings. The summed E-state index contributed by atoms with van der Waals surface area (Å²) in [6, 6.07) is 0.0574. The van der Waals surface area contributed by atoms with Crippen molar-refractivity contribution in [3.63, 3.8) is 0 Å². The van der Waals surface area contributed by atoms with Crippen LogP contribution in [0.1, 0.15) is 40.0 Å². The molecule has 3 saturated heterocycles. The third-order valence-electron chi connectivity index (χ3n) is 4.41. The lowest BCUT2D eigenvalue weighted by Crippen LogP contribution is -2.62. The van der Waals surface area contributed by atoms with Crippen molar-refractivity contribution in [1.82, 2.24) is 4.90 Å². The number of rotatable bonds is 1. The second-order valence-corrected chi connectivity index (χ2v) is 7.13. The molecule has 4 fully saturated rings. The Balaban J connectivity index is 1.73. The van der Waals surface area contributed by atoms with E-state index in [2.05, 4.69) is 4.90 Å². The smallest absolute Gasteiger partial charge is 0.324 e. The van der Waals surface area contributed by atoms with Crippen molar-refractivity contribution in [3.05, 3.63) is 0 Å². The van der Waals surface area contributed by atoms with E-state index in [1.807, 2.05) is 20.8 Å². The number of ether oxygens (including phenoxy) is 1. The normalized spacial score (nSPS) is 43.8. The molecule has 96 valence electrons. The van der Waals surface area contributed by atoms with Crippen molar-refractivity contribution >= 4 is 5.97 Å². The summed E-state index contributed by atoms with van der Waals surface area (Å²) in [7, 11) is 0. The van der Waals surface area contributed by atoms with E-state index in [1.165, 1.54) is 19.3 Å². The predicted octanol–water partition coefficient (Wildman–Crippen LogP) is 2.06. The maximum absolute atomic E-state index is 12.3. The van der Waals surface area contributed by atoms with Gasteiger partial charge in [0.15, 0.2) is 0 Å². The minimum absolute atomic E-state index is 0.0151. The highest BCUT2D eigenvalue weighted by Gasteiger charge is 2.50. The summed E-state index contributed by atoms with van der Waals surface area (Å²) in [5.41, 5.74) is -0.354. The van der Waals surface area contributed by atoms with Crippen LogP contribution < -0.4 is 0 Å². The molecule has 4 rings (SSSR count). The van der Waals surface area contributed by atoms with Gasteiger partial charge >= 0.3 is 5.97 Å². The van der Waals surface area contributed by atoms with Gasteiger partial charge in [-0.1, -0.05) is 0 Å². The van der Waals surface area contributed by atoms with Crippen LogP contribution >= 0.6 is 0 Å². The summed E-state index contributed by atoms with van der Waals surface area (Å²) in [5.74, 6) is 2.29. The first kappa shape index (κ1) is 11.5. The fraction of sp³-hybridized carbons (Fsp3) is 0.929. The van der Waals surface area contributed by atoms with E-state index >= 15 is 0 Å². The van der Waals surface area contributed by atoms with Crippen molar-refractivity contribution in [2.24, 2.45) is 17.8 Å². The quantitative estimate of drug-likeness (QED) is 0.654. The molecule has 4 aliphatic rings. The molecule has 3 heterocycles. The van der Waals surface area contributed by atoms with Gasteiger partial charge in [-0.15, -0.1) is 0 Å². The van der Waals surface area contributed by atoms with Crippen LogP contribution in [0.2, 0.25) is 0 Å². The van der Waals surface area contributed by atoms with Crippen LogP contribution in [-0.4, -0.2) is 35.6 Å². The first-order chi connectivity index (χ1) is 7.92. The van der Waals surface area contributed by atoms with Gasteiger partial charge in [0.05, 0.1) is 0 Å². The fourth-order valence-corrected chi connectivity index (χ4v) is 4.14. The average molecular weight is 237 g/mol. The standard InChI is InChI=1S/C14H23NO2/c1-14(2,3)17-13(16)12-11-5-9-4-10(6-11)8-15(12)7-9/h9-12H,4-8H2,1-3H3. The largest absolute Gasteiger partial charge is 0.459 e. The topological polar surface area (TPSA) is 29.5 Å². The van der Waals surface area contributed by atoms with E-state index < -0.39 is 0 Å². The number of carbonyl (C=O) groups excluding carboxylic acids is 1. The molecular weight excluding hydrogens is 214 g/mol. The van der Waals surface area contributed by atoms with Gasteiger partial charge in [0.1, 0.15) is 11.6 Å². The molecule has 3 nitrogen and oxygen atoms in total. The zero-order chi connectivity index (χ0) is 12.2. The third-order valence-corrected chi connectivity index (χ3v) is 4.41. The van der Waals surface area contributed by atoms with Gasteiger partial charge in [0.25, 0.3) is 0 Å². The molecule has 0 spiro atoms. The molecule has 1 aliphatic carbocycles. The first-order valence-electron chi connectivity index (χ1n) is 6.89. The average Bonchev–Trinajstić information content (AvgIpc) is 2.11. The molecule has 0 radical (unpaired) electrons. The van der Waals surface area contributed by atoms with Crippen molar-refractivity contribution in [1.29, 1.82) is 0 Å². The Bertz CT molecular complexity index is 304. The summed E-state index contributed by atoms with van der Waals surface area (Å²) in [4.78, 5) is 14.7. The molecule has 3 aliphatic heterocycles. The third kappa shape index (κ3) is 2.10. The maximum Gasteiger partial charge on any atom is 0.324 e. The van der Waals surface area contributed by atoms with E-state index in [9.17, 15) is 4.79 Å². The van der Waals surface area contributed by atoms with Crippen LogP contribution in [0, 0.1) is 17.8 Å². The molecule has 3 heteroatoms. The lowest BCUT2D eigenvalue weighted by Gasteiger charge is -2.55. The van der Waals surface area contributed by atoms with Crippen LogP contribution in [0.4, 0.5) is 0 Å². The lowest BCUT2D eigenvalue weighted by atomic mass is 9.65. The van der Waals surface area contributed by atoms with E-state index in [0.717, 1.165) is 24.9 Å². The molecule has 0 aromatic heterocycles. The number of nitrogens with zero attached hydrogens (tertiary/aromatic N) is 1. The highest BCUT2D eigenvalue weighted by molar-refractivity contribution is 5.77. The predicted molar refractivity (Wildman–Crippen MR) is 65.5 cm³/mol. The van der Waals surface area contributed by atoms with Crippen molar-refractivity contribution < 1.29 is 9.53 Å². The minimum atomic E-state index is -0.354. The molecule has 4 bridgehead atoms. The first-order valence-corrected chi connectivity index (χ1v) is 6.89. The Morgan fingerprint density at radius 2 is 1.71 bits per heavy atom. The Morgan fingerprint density at radius 1 is 1.12 bits per heavy atom. The summed E-state index contributed by atoms with van der Waals surface area (Å²) >= 11 is 0. The van der Waals surface area contributed by atoms with Gasteiger partial charge in [-0.25, -0.2) is 0 Å². The number of piperidine rings is 3. The van der Waals surface area contributed by atoms with Gasteiger partial charge in [0, 0.05) is 13.1 Å². The molecule has 3 unspecified atom stereocenters. The van der Waals surface area contributed by atoms with Crippen molar-refractivity contribution in [3.8, 4) is 0 Å². The summed E-state index contributed by atoms with van der Waals surface area (Å²) in [5, 5.41) is 0. The molecular formula is C14H23NO2. The van der Waals surface area contributed by atoms with Crippen LogP contribution in [0.15, 0.2) is 0 Å². The molecule has 3 atom stereocenters. The summed E-state index contributed by atoms with van der Waals surface area (Å²) < 4.78 is 5.58. The molecule has 0 N–H and O–H groups in total.